The first kappa shape index (κ1) is 16.4. The fourth-order valence-corrected chi connectivity index (χ4v) is 5.07. The van der Waals surface area contributed by atoms with E-state index in [0.29, 0.717) is 26.4 Å². The molecule has 0 fully saturated rings. The van der Waals surface area contributed by atoms with E-state index in [-0.39, 0.29) is 5.25 Å². The highest BCUT2D eigenvalue weighted by molar-refractivity contribution is 7.81. The largest absolute Gasteiger partial charge is 0.502 e. The maximum atomic E-state index is 5.73. The highest BCUT2D eigenvalue weighted by Crippen LogP contribution is 2.22. The van der Waals surface area contributed by atoms with Gasteiger partial charge in [-0.25, -0.2) is 0 Å². The molecular weight excluding hydrogens is 242 g/mol. The molecule has 4 nitrogen and oxygen atoms in total. The predicted octanol–water partition coefficient (Wildman–Crippen LogP) is 1.68. The molecule has 0 bridgehead atoms. The van der Waals surface area contributed by atoms with E-state index in [0.717, 1.165) is 12.5 Å². The summed E-state index contributed by atoms with van der Waals surface area (Å²) in [5, 5.41) is 0.182. The summed E-state index contributed by atoms with van der Waals surface area (Å²) >= 11 is 4.50. The smallest absolute Gasteiger partial charge is 0.374 e. The zero-order valence-electron chi connectivity index (χ0n) is 10.6. The molecule has 0 rings (SSSR count). The van der Waals surface area contributed by atoms with Gasteiger partial charge < -0.3 is 19.0 Å². The molecule has 0 aliphatic rings. The molecule has 0 radical (unpaired) electrons. The van der Waals surface area contributed by atoms with Gasteiger partial charge >= 0.3 is 8.80 Å². The van der Waals surface area contributed by atoms with E-state index in [4.69, 9.17) is 19.0 Å². The Hall–Kier alpha value is 0.407. The normalized spacial score (nSPS) is 14.1. The summed E-state index contributed by atoms with van der Waals surface area (Å²) in [6.45, 7) is 8.31. The number of rotatable bonds is 10. The van der Waals surface area contributed by atoms with Gasteiger partial charge in [-0.15, -0.1) is 0 Å². The summed E-state index contributed by atoms with van der Waals surface area (Å²) < 4.78 is 17.2. The van der Waals surface area contributed by atoms with E-state index in [9.17, 15) is 0 Å². The van der Waals surface area contributed by atoms with Crippen LogP contribution in [0.25, 0.3) is 0 Å². The minimum atomic E-state index is -2.53. The minimum Gasteiger partial charge on any atom is -0.374 e. The van der Waals surface area contributed by atoms with Gasteiger partial charge in [0.15, 0.2) is 0 Å². The SMILES string of the molecule is CCO[Si](CC(S)CCN)(OCC)OCC. The van der Waals surface area contributed by atoms with Crippen molar-refractivity contribution in [3.8, 4) is 0 Å². The second-order valence-electron chi connectivity index (χ2n) is 3.42. The molecular formula is C10H25NO3SSi. The third-order valence-electron chi connectivity index (χ3n) is 2.08. The van der Waals surface area contributed by atoms with E-state index in [1.807, 2.05) is 20.8 Å². The van der Waals surface area contributed by atoms with Crippen LogP contribution in [0.4, 0.5) is 0 Å². The van der Waals surface area contributed by atoms with Gasteiger partial charge in [0.05, 0.1) is 0 Å². The Bertz CT molecular complexity index is 157. The van der Waals surface area contributed by atoms with Crippen LogP contribution in [-0.4, -0.2) is 40.4 Å². The van der Waals surface area contributed by atoms with E-state index < -0.39 is 8.80 Å². The Kier molecular flexibility index (Phi) is 9.68. The maximum Gasteiger partial charge on any atom is 0.502 e. The molecule has 0 amide bonds. The molecule has 0 aromatic carbocycles. The van der Waals surface area contributed by atoms with Gasteiger partial charge in [-0.3, -0.25) is 0 Å². The molecule has 0 aliphatic heterocycles. The highest BCUT2D eigenvalue weighted by Gasteiger charge is 2.41. The Morgan fingerprint density at radius 2 is 1.50 bits per heavy atom. The molecule has 16 heavy (non-hydrogen) atoms. The fraction of sp³-hybridized carbons (Fsp3) is 1.00. The zero-order valence-corrected chi connectivity index (χ0v) is 12.5. The van der Waals surface area contributed by atoms with Crippen LogP contribution in [0, 0.1) is 0 Å². The van der Waals surface area contributed by atoms with Crippen LogP contribution in [0.2, 0.25) is 6.04 Å². The van der Waals surface area contributed by atoms with Gasteiger partial charge in [0, 0.05) is 31.1 Å². The quantitative estimate of drug-likeness (QED) is 0.467. The van der Waals surface area contributed by atoms with Crippen LogP contribution >= 0.6 is 12.6 Å². The molecule has 0 aliphatic carbocycles. The molecule has 0 saturated carbocycles. The van der Waals surface area contributed by atoms with Crippen LogP contribution in [0.3, 0.4) is 0 Å². The molecule has 0 heterocycles. The van der Waals surface area contributed by atoms with Gasteiger partial charge in [0.25, 0.3) is 0 Å². The molecule has 0 saturated heterocycles. The number of nitrogens with two attached hydrogens (primary N) is 1. The summed E-state index contributed by atoms with van der Waals surface area (Å²) in [5.74, 6) is 0. The molecule has 2 N–H and O–H groups in total. The van der Waals surface area contributed by atoms with E-state index in [2.05, 4.69) is 12.6 Å². The van der Waals surface area contributed by atoms with Crippen molar-refractivity contribution < 1.29 is 13.3 Å². The second kappa shape index (κ2) is 9.44. The molecule has 0 aromatic heterocycles. The molecule has 98 valence electrons. The van der Waals surface area contributed by atoms with Crippen molar-refractivity contribution in [2.24, 2.45) is 5.73 Å². The first-order valence-electron chi connectivity index (χ1n) is 5.94. The topological polar surface area (TPSA) is 53.7 Å². The predicted molar refractivity (Wildman–Crippen MR) is 71.9 cm³/mol. The van der Waals surface area contributed by atoms with Gasteiger partial charge in [-0.05, 0) is 33.7 Å². The maximum absolute atomic E-state index is 5.73. The Morgan fingerprint density at radius 3 is 1.81 bits per heavy atom. The second-order valence-corrected chi connectivity index (χ2v) is 6.79. The summed E-state index contributed by atoms with van der Waals surface area (Å²) in [5.41, 5.74) is 5.51. The van der Waals surface area contributed by atoms with Crippen LogP contribution in [0.5, 0.6) is 0 Å². The van der Waals surface area contributed by atoms with Gasteiger partial charge in [-0.1, -0.05) is 0 Å². The Labute approximate surface area is 106 Å². The van der Waals surface area contributed by atoms with Gasteiger partial charge in [-0.2, -0.15) is 12.6 Å². The fourth-order valence-electron chi connectivity index (χ4n) is 1.54. The lowest BCUT2D eigenvalue weighted by molar-refractivity contribution is 0.0712. The van der Waals surface area contributed by atoms with E-state index in [1.54, 1.807) is 0 Å². The number of hydrogen-bond donors (Lipinski definition) is 2. The van der Waals surface area contributed by atoms with Crippen molar-refractivity contribution in [2.75, 3.05) is 26.4 Å². The van der Waals surface area contributed by atoms with Crippen molar-refractivity contribution in [1.29, 1.82) is 0 Å². The molecule has 1 atom stereocenters. The summed E-state index contributed by atoms with van der Waals surface area (Å²) in [6.07, 6.45) is 0.852. The monoisotopic (exact) mass is 267 g/mol. The standard InChI is InChI=1S/C10H25NO3SSi/c1-4-12-16(13-5-2,14-6-3)9-10(15)7-8-11/h10,15H,4-9,11H2,1-3H3. The third kappa shape index (κ3) is 6.22. The molecule has 0 aromatic rings. The first-order chi connectivity index (χ1) is 7.64. The average molecular weight is 267 g/mol. The first-order valence-corrected chi connectivity index (χ1v) is 8.38. The average Bonchev–Trinajstić information content (AvgIpc) is 2.18. The van der Waals surface area contributed by atoms with Crippen LogP contribution in [-0.2, 0) is 13.3 Å². The van der Waals surface area contributed by atoms with Gasteiger partial charge in [0.1, 0.15) is 0 Å². The summed E-state index contributed by atoms with van der Waals surface area (Å²) in [7, 11) is -2.53. The minimum absolute atomic E-state index is 0.182. The zero-order chi connectivity index (χ0) is 12.4. The van der Waals surface area contributed by atoms with Crippen molar-refractivity contribution in [2.45, 2.75) is 38.5 Å². The highest BCUT2D eigenvalue weighted by atomic mass is 32.1. The molecule has 1 unspecified atom stereocenters. The summed E-state index contributed by atoms with van der Waals surface area (Å²) in [4.78, 5) is 0. The lowest BCUT2D eigenvalue weighted by Crippen LogP contribution is -2.48. The van der Waals surface area contributed by atoms with E-state index in [1.165, 1.54) is 0 Å². The van der Waals surface area contributed by atoms with Crippen molar-refractivity contribution >= 4 is 21.4 Å². The lowest BCUT2D eigenvalue weighted by Gasteiger charge is -2.30. The number of thiol groups is 1. The summed E-state index contributed by atoms with van der Waals surface area (Å²) in [6, 6.07) is 0.725. The Morgan fingerprint density at radius 1 is 1.06 bits per heavy atom. The molecule has 6 heteroatoms. The lowest BCUT2D eigenvalue weighted by atomic mass is 10.3. The Balaban J connectivity index is 4.44. The number of hydrogen-bond acceptors (Lipinski definition) is 5. The van der Waals surface area contributed by atoms with Crippen molar-refractivity contribution in [3.05, 3.63) is 0 Å². The van der Waals surface area contributed by atoms with Gasteiger partial charge in [0.2, 0.25) is 0 Å². The van der Waals surface area contributed by atoms with Crippen molar-refractivity contribution in [1.82, 2.24) is 0 Å². The van der Waals surface area contributed by atoms with Crippen LogP contribution < -0.4 is 5.73 Å². The molecule has 0 spiro atoms. The van der Waals surface area contributed by atoms with Crippen LogP contribution in [0.15, 0.2) is 0 Å². The van der Waals surface area contributed by atoms with Crippen molar-refractivity contribution in [3.63, 3.8) is 0 Å². The van der Waals surface area contributed by atoms with Crippen LogP contribution in [0.1, 0.15) is 27.2 Å². The third-order valence-corrected chi connectivity index (χ3v) is 6.04. The van der Waals surface area contributed by atoms with E-state index >= 15 is 0 Å².